The molecule has 0 unspecified atom stereocenters. The Kier molecular flexibility index (Phi) is 3.67. The van der Waals surface area contributed by atoms with Gasteiger partial charge in [-0.25, -0.2) is 0 Å². The van der Waals surface area contributed by atoms with Gasteiger partial charge in [-0.2, -0.15) is 0 Å². The molecule has 1 fully saturated rings. The predicted octanol–water partition coefficient (Wildman–Crippen LogP) is 3.20. The van der Waals surface area contributed by atoms with Crippen LogP contribution in [0.2, 0.25) is 0 Å². The number of phenolic OH excluding ortho intramolecular Hbond substituents is 1. The number of aromatic amines is 1. The molecule has 0 bridgehead atoms. The third kappa shape index (κ3) is 3.03. The van der Waals surface area contributed by atoms with Crippen molar-refractivity contribution >= 4 is 16.6 Å². The van der Waals surface area contributed by atoms with Gasteiger partial charge in [-0.05, 0) is 53.4 Å². The van der Waals surface area contributed by atoms with Crippen LogP contribution < -0.4 is 4.90 Å². The molecule has 1 aliphatic rings. The van der Waals surface area contributed by atoms with Crippen LogP contribution in [0.4, 0.5) is 5.69 Å². The van der Waals surface area contributed by atoms with E-state index in [2.05, 4.69) is 39.0 Å². The number of rotatable bonds is 3. The number of nitrogens with one attached hydrogen (secondary N) is 1. The minimum Gasteiger partial charge on any atom is -0.508 e. The van der Waals surface area contributed by atoms with Crippen LogP contribution >= 0.6 is 0 Å². The molecule has 0 amide bonds. The topological polar surface area (TPSA) is 42.5 Å². The average molecular weight is 307 g/mol. The summed E-state index contributed by atoms with van der Waals surface area (Å²) in [7, 11) is 0. The molecule has 2 heterocycles. The van der Waals surface area contributed by atoms with Crippen LogP contribution in [0, 0.1) is 0 Å². The molecule has 0 saturated carbocycles. The van der Waals surface area contributed by atoms with Gasteiger partial charge in [-0.15, -0.1) is 0 Å². The van der Waals surface area contributed by atoms with Crippen molar-refractivity contribution in [1.82, 2.24) is 9.88 Å². The van der Waals surface area contributed by atoms with Gasteiger partial charge >= 0.3 is 0 Å². The van der Waals surface area contributed by atoms with Crippen LogP contribution in [0.3, 0.4) is 0 Å². The number of aromatic nitrogens is 1. The minimum absolute atomic E-state index is 0.326. The zero-order valence-corrected chi connectivity index (χ0v) is 13.1. The number of benzene rings is 2. The van der Waals surface area contributed by atoms with Gasteiger partial charge in [-0.3, -0.25) is 4.90 Å². The smallest absolute Gasteiger partial charge is 0.115 e. The second-order valence-electron chi connectivity index (χ2n) is 6.18. The van der Waals surface area contributed by atoms with Crippen molar-refractivity contribution in [2.75, 3.05) is 31.1 Å². The SMILES string of the molecule is Oc1ccc(N2CCN(Cc3ccc4[nH]ccc4c3)CC2)cc1. The molecule has 0 aliphatic carbocycles. The lowest BCUT2D eigenvalue weighted by molar-refractivity contribution is 0.250. The summed E-state index contributed by atoms with van der Waals surface area (Å²) < 4.78 is 0. The van der Waals surface area contributed by atoms with Crippen LogP contribution in [-0.4, -0.2) is 41.2 Å². The van der Waals surface area contributed by atoms with Gasteiger partial charge in [0, 0.05) is 50.1 Å². The molecule has 118 valence electrons. The molecular weight excluding hydrogens is 286 g/mol. The first-order valence-electron chi connectivity index (χ1n) is 8.10. The summed E-state index contributed by atoms with van der Waals surface area (Å²) in [5, 5.41) is 10.7. The fourth-order valence-electron chi connectivity index (χ4n) is 3.29. The Labute approximate surface area is 136 Å². The summed E-state index contributed by atoms with van der Waals surface area (Å²) in [6.45, 7) is 5.18. The van der Waals surface area contributed by atoms with Crippen molar-refractivity contribution in [2.45, 2.75) is 6.54 Å². The van der Waals surface area contributed by atoms with E-state index >= 15 is 0 Å². The van der Waals surface area contributed by atoms with Crippen molar-refractivity contribution in [2.24, 2.45) is 0 Å². The van der Waals surface area contributed by atoms with Gasteiger partial charge in [0.05, 0.1) is 0 Å². The Morgan fingerprint density at radius 1 is 0.913 bits per heavy atom. The van der Waals surface area contributed by atoms with Crippen molar-refractivity contribution in [3.8, 4) is 5.75 Å². The number of hydrogen-bond acceptors (Lipinski definition) is 3. The lowest BCUT2D eigenvalue weighted by atomic mass is 10.1. The van der Waals surface area contributed by atoms with Gasteiger partial charge in [0.15, 0.2) is 0 Å². The lowest BCUT2D eigenvalue weighted by Crippen LogP contribution is -2.45. The molecule has 1 aliphatic heterocycles. The average Bonchev–Trinajstić information content (AvgIpc) is 3.04. The minimum atomic E-state index is 0.326. The molecule has 1 saturated heterocycles. The number of nitrogens with zero attached hydrogens (tertiary/aromatic N) is 2. The summed E-state index contributed by atoms with van der Waals surface area (Å²) in [6, 6.07) is 16.3. The molecule has 23 heavy (non-hydrogen) atoms. The molecule has 2 N–H and O–H groups in total. The molecule has 0 atom stereocenters. The predicted molar refractivity (Wildman–Crippen MR) is 93.9 cm³/mol. The number of H-pyrrole nitrogens is 1. The van der Waals surface area contributed by atoms with Gasteiger partial charge in [0.2, 0.25) is 0 Å². The summed E-state index contributed by atoms with van der Waals surface area (Å²) in [5.74, 6) is 0.326. The molecule has 1 aromatic heterocycles. The van der Waals surface area contributed by atoms with Crippen molar-refractivity contribution < 1.29 is 5.11 Å². The standard InChI is InChI=1S/C19H21N3O/c23-18-4-2-17(3-5-18)22-11-9-21(10-12-22)14-15-1-6-19-16(13-15)7-8-20-19/h1-8,13,20,23H,9-12,14H2. The first-order valence-corrected chi connectivity index (χ1v) is 8.10. The van der Waals surface area contributed by atoms with Crippen LogP contribution in [0.1, 0.15) is 5.56 Å². The Balaban J connectivity index is 1.38. The largest absolute Gasteiger partial charge is 0.508 e. The van der Waals surface area contributed by atoms with E-state index in [4.69, 9.17) is 0 Å². The van der Waals surface area contributed by atoms with Crippen LogP contribution in [0.15, 0.2) is 54.7 Å². The number of hydrogen-bond donors (Lipinski definition) is 2. The van der Waals surface area contributed by atoms with Crippen LogP contribution in [-0.2, 0) is 6.54 Å². The highest BCUT2D eigenvalue weighted by molar-refractivity contribution is 5.79. The molecule has 4 rings (SSSR count). The van der Waals surface area contributed by atoms with Crippen molar-refractivity contribution in [3.63, 3.8) is 0 Å². The Hall–Kier alpha value is -2.46. The van der Waals surface area contributed by atoms with Gasteiger partial charge in [0.1, 0.15) is 5.75 Å². The fraction of sp³-hybridized carbons (Fsp3) is 0.263. The Morgan fingerprint density at radius 2 is 1.70 bits per heavy atom. The third-order valence-electron chi connectivity index (χ3n) is 4.61. The number of phenols is 1. The number of anilines is 1. The highest BCUT2D eigenvalue weighted by atomic mass is 16.3. The first kappa shape index (κ1) is 14.2. The summed E-state index contributed by atoms with van der Waals surface area (Å²) in [4.78, 5) is 8.13. The van der Waals surface area contributed by atoms with Crippen LogP contribution in [0.5, 0.6) is 5.75 Å². The van der Waals surface area contributed by atoms with E-state index < -0.39 is 0 Å². The Bertz CT molecular complexity index is 786. The van der Waals surface area contributed by atoms with E-state index in [0.29, 0.717) is 5.75 Å². The highest BCUT2D eigenvalue weighted by Gasteiger charge is 2.17. The van der Waals surface area contributed by atoms with E-state index in [1.807, 2.05) is 18.3 Å². The van der Waals surface area contributed by atoms with E-state index in [1.54, 1.807) is 12.1 Å². The van der Waals surface area contributed by atoms with Gasteiger partial charge in [-0.1, -0.05) is 6.07 Å². The van der Waals surface area contributed by atoms with E-state index in [0.717, 1.165) is 32.7 Å². The molecule has 0 spiro atoms. The third-order valence-corrected chi connectivity index (χ3v) is 4.61. The molecular formula is C19H21N3O. The molecule has 4 heteroatoms. The summed E-state index contributed by atoms with van der Waals surface area (Å²) in [5.41, 5.74) is 3.76. The first-order chi connectivity index (χ1) is 11.3. The zero-order chi connectivity index (χ0) is 15.6. The normalized spacial score (nSPS) is 16.1. The highest BCUT2D eigenvalue weighted by Crippen LogP contribution is 2.21. The second-order valence-corrected chi connectivity index (χ2v) is 6.18. The van der Waals surface area contributed by atoms with E-state index in [-0.39, 0.29) is 0 Å². The zero-order valence-electron chi connectivity index (χ0n) is 13.1. The summed E-state index contributed by atoms with van der Waals surface area (Å²) in [6.07, 6.45) is 1.99. The van der Waals surface area contributed by atoms with E-state index in [9.17, 15) is 5.11 Å². The lowest BCUT2D eigenvalue weighted by Gasteiger charge is -2.36. The molecule has 2 aromatic carbocycles. The van der Waals surface area contributed by atoms with Gasteiger partial charge in [0.25, 0.3) is 0 Å². The summed E-state index contributed by atoms with van der Waals surface area (Å²) >= 11 is 0. The monoisotopic (exact) mass is 307 g/mol. The molecule has 0 radical (unpaired) electrons. The molecule has 4 nitrogen and oxygen atoms in total. The number of piperazine rings is 1. The maximum atomic E-state index is 9.39. The number of aromatic hydroxyl groups is 1. The van der Waals surface area contributed by atoms with Gasteiger partial charge < -0.3 is 15.0 Å². The van der Waals surface area contributed by atoms with Crippen molar-refractivity contribution in [1.29, 1.82) is 0 Å². The molecule has 3 aromatic rings. The number of fused-ring (bicyclic) bond motifs is 1. The maximum Gasteiger partial charge on any atom is 0.115 e. The fourth-order valence-corrected chi connectivity index (χ4v) is 3.29. The quantitative estimate of drug-likeness (QED) is 0.781. The maximum absolute atomic E-state index is 9.39. The second kappa shape index (κ2) is 5.97. The van der Waals surface area contributed by atoms with E-state index in [1.165, 1.54) is 22.2 Å². The Morgan fingerprint density at radius 3 is 2.48 bits per heavy atom. The van der Waals surface area contributed by atoms with Crippen LogP contribution in [0.25, 0.3) is 10.9 Å². The van der Waals surface area contributed by atoms with Crippen molar-refractivity contribution in [3.05, 3.63) is 60.3 Å².